The largest absolute Gasteiger partial charge is 0.380 e. The molecule has 0 radical (unpaired) electrons. The third-order valence-electron chi connectivity index (χ3n) is 6.29. The summed E-state index contributed by atoms with van der Waals surface area (Å²) >= 11 is 0. The zero-order chi connectivity index (χ0) is 20.9. The van der Waals surface area contributed by atoms with Gasteiger partial charge in [-0.1, -0.05) is 31.2 Å². The highest BCUT2D eigenvalue weighted by molar-refractivity contribution is 6.09. The lowest BCUT2D eigenvalue weighted by molar-refractivity contribution is -0.853. The molecule has 29 heavy (non-hydrogen) atoms. The zero-order valence-corrected chi connectivity index (χ0v) is 18.1. The summed E-state index contributed by atoms with van der Waals surface area (Å²) in [5, 5.41) is 6.14. The minimum atomic E-state index is -0.197. The van der Waals surface area contributed by atoms with Crippen molar-refractivity contribution in [2.75, 3.05) is 0 Å². The second-order valence-electron chi connectivity index (χ2n) is 8.06. The first kappa shape index (κ1) is 19.4. The Morgan fingerprint density at radius 2 is 1.59 bits per heavy atom. The number of hydrogen-bond acceptors (Lipinski definition) is 2. The van der Waals surface area contributed by atoms with E-state index in [2.05, 4.69) is 64.1 Å². The topological polar surface area (TPSA) is 30.2 Å². The van der Waals surface area contributed by atoms with Crippen molar-refractivity contribution in [3.05, 3.63) is 64.3 Å². The van der Waals surface area contributed by atoms with E-state index in [1.807, 2.05) is 13.8 Å². The van der Waals surface area contributed by atoms with E-state index in [1.165, 1.54) is 43.6 Å². The van der Waals surface area contributed by atoms with Gasteiger partial charge in [0.25, 0.3) is 5.52 Å². The van der Waals surface area contributed by atoms with Gasteiger partial charge in [0.1, 0.15) is 0 Å². The molecule has 1 heterocycles. The first-order valence-electron chi connectivity index (χ1n) is 10.3. The molecule has 3 aromatic carbocycles. The molecule has 0 spiro atoms. The van der Waals surface area contributed by atoms with E-state index in [4.69, 9.17) is 4.84 Å². The Kier molecular flexibility index (Phi) is 4.77. The summed E-state index contributed by atoms with van der Waals surface area (Å²) in [6.07, 6.45) is 1.19. The highest BCUT2D eigenvalue weighted by Gasteiger charge is 2.26. The number of hydrogen-bond donors (Lipinski definition) is 0. The fraction of sp³-hybridized carbons (Fsp3) is 0.308. The number of benzene rings is 3. The molecule has 0 unspecified atom stereocenters. The third kappa shape index (κ3) is 2.96. The van der Waals surface area contributed by atoms with Gasteiger partial charge in [-0.15, -0.1) is 0 Å². The van der Waals surface area contributed by atoms with Gasteiger partial charge in [0.05, 0.1) is 11.8 Å². The Morgan fingerprint density at radius 3 is 2.31 bits per heavy atom. The number of carbonyl (C=O) groups excluding carboxylic acids is 1. The smallest absolute Gasteiger partial charge is 0.245 e. The predicted octanol–water partition coefficient (Wildman–Crippen LogP) is 5.73. The van der Waals surface area contributed by atoms with E-state index in [1.54, 1.807) is 4.73 Å². The summed E-state index contributed by atoms with van der Waals surface area (Å²) in [4.78, 5) is 18.2. The molecule has 4 rings (SSSR count). The lowest BCUT2D eigenvalue weighted by Gasteiger charge is -2.15. The number of carbonyl (C=O) groups is 1. The normalized spacial score (nSPS) is 11.5. The molecule has 3 heteroatoms. The van der Waals surface area contributed by atoms with Crippen LogP contribution in [0.2, 0.25) is 0 Å². The van der Waals surface area contributed by atoms with Gasteiger partial charge in [-0.2, -0.15) is 4.84 Å². The van der Waals surface area contributed by atoms with Crippen molar-refractivity contribution in [3.63, 3.8) is 0 Å². The van der Waals surface area contributed by atoms with Crippen LogP contribution >= 0.6 is 0 Å². The zero-order valence-electron chi connectivity index (χ0n) is 18.1. The minimum Gasteiger partial charge on any atom is -0.245 e. The molecular formula is C26H28NO2+. The molecule has 148 valence electrons. The Bertz CT molecular complexity index is 1300. The number of rotatable bonds is 3. The maximum absolute atomic E-state index is 12.3. The standard InChI is InChI=1S/C26H28NO2/c1-7-10-24(28)29-27-19(6)15(2)16(3)26-18(5)25-17(4)22-12-9-8-11-20(22)13-21(25)14-23(26)27/h8-9,11-14H,7,10H2,1-6H3/q+1. The number of aromatic nitrogens is 1. The number of pyridine rings is 1. The van der Waals surface area contributed by atoms with Crippen molar-refractivity contribution < 1.29 is 14.4 Å². The van der Waals surface area contributed by atoms with Crippen molar-refractivity contribution >= 4 is 38.4 Å². The molecule has 0 N–H and O–H groups in total. The fourth-order valence-corrected chi connectivity index (χ4v) is 4.60. The van der Waals surface area contributed by atoms with E-state index >= 15 is 0 Å². The van der Waals surface area contributed by atoms with Crippen molar-refractivity contribution in [2.24, 2.45) is 0 Å². The van der Waals surface area contributed by atoms with Crippen LogP contribution in [0.5, 0.6) is 0 Å². The highest BCUT2D eigenvalue weighted by atomic mass is 16.7. The van der Waals surface area contributed by atoms with Crippen LogP contribution in [0.15, 0.2) is 36.4 Å². The van der Waals surface area contributed by atoms with Crippen molar-refractivity contribution in [2.45, 2.75) is 54.4 Å². The van der Waals surface area contributed by atoms with Crippen LogP contribution in [-0.4, -0.2) is 5.97 Å². The molecule has 1 aromatic heterocycles. The molecule has 0 aliphatic heterocycles. The van der Waals surface area contributed by atoms with Gasteiger partial charge in [0.15, 0.2) is 0 Å². The van der Waals surface area contributed by atoms with Crippen LogP contribution in [0, 0.1) is 34.6 Å². The fourth-order valence-electron chi connectivity index (χ4n) is 4.60. The summed E-state index contributed by atoms with van der Waals surface area (Å²) in [6, 6.07) is 12.9. The Morgan fingerprint density at radius 1 is 0.862 bits per heavy atom. The second-order valence-corrected chi connectivity index (χ2v) is 8.06. The average molecular weight is 387 g/mol. The van der Waals surface area contributed by atoms with Gasteiger partial charge < -0.3 is 0 Å². The quantitative estimate of drug-likeness (QED) is 0.332. The molecule has 0 bridgehead atoms. The molecule has 0 fully saturated rings. The van der Waals surface area contributed by atoms with Gasteiger partial charge in [-0.05, 0) is 78.4 Å². The molecule has 0 aliphatic rings. The maximum Gasteiger partial charge on any atom is 0.380 e. The van der Waals surface area contributed by atoms with Crippen molar-refractivity contribution in [3.8, 4) is 0 Å². The first-order chi connectivity index (χ1) is 13.8. The molecule has 0 aliphatic carbocycles. The predicted molar refractivity (Wildman–Crippen MR) is 119 cm³/mol. The number of aryl methyl sites for hydroxylation is 3. The number of fused-ring (bicyclic) bond motifs is 3. The SMILES string of the molecule is CCCC(=O)O[n+]1c(C)c(C)c(C)c2c(C)c3c(C)c4ccccc4cc3cc21. The summed E-state index contributed by atoms with van der Waals surface area (Å²) in [5.41, 5.74) is 6.85. The van der Waals surface area contributed by atoms with E-state index in [0.29, 0.717) is 6.42 Å². The van der Waals surface area contributed by atoms with Crippen LogP contribution in [0.3, 0.4) is 0 Å². The first-order valence-corrected chi connectivity index (χ1v) is 10.3. The average Bonchev–Trinajstić information content (AvgIpc) is 2.69. The molecule has 0 amide bonds. The second kappa shape index (κ2) is 7.14. The monoisotopic (exact) mass is 386 g/mol. The molecule has 3 nitrogen and oxygen atoms in total. The van der Waals surface area contributed by atoms with Crippen LogP contribution in [0.25, 0.3) is 32.4 Å². The van der Waals surface area contributed by atoms with Crippen molar-refractivity contribution in [1.29, 1.82) is 0 Å². The lowest BCUT2D eigenvalue weighted by Crippen LogP contribution is -2.49. The van der Waals surface area contributed by atoms with Gasteiger partial charge in [-0.25, -0.2) is 4.79 Å². The van der Waals surface area contributed by atoms with Crippen LogP contribution in [0.1, 0.15) is 47.7 Å². The van der Waals surface area contributed by atoms with Crippen molar-refractivity contribution in [1.82, 2.24) is 0 Å². The van der Waals surface area contributed by atoms with E-state index < -0.39 is 0 Å². The van der Waals surface area contributed by atoms with Crippen LogP contribution in [0.4, 0.5) is 0 Å². The van der Waals surface area contributed by atoms with E-state index in [9.17, 15) is 4.79 Å². The van der Waals surface area contributed by atoms with Gasteiger partial charge in [0.2, 0.25) is 5.69 Å². The van der Waals surface area contributed by atoms with Gasteiger partial charge >= 0.3 is 5.97 Å². The van der Waals surface area contributed by atoms with Gasteiger partial charge in [-0.3, -0.25) is 0 Å². The Hall–Kier alpha value is -2.94. The van der Waals surface area contributed by atoms with Crippen LogP contribution < -0.4 is 9.57 Å². The third-order valence-corrected chi connectivity index (χ3v) is 6.29. The van der Waals surface area contributed by atoms with E-state index in [-0.39, 0.29) is 5.97 Å². The molecule has 0 saturated carbocycles. The Balaban J connectivity index is 2.16. The highest BCUT2D eigenvalue weighted by Crippen LogP contribution is 2.35. The molecule has 4 aromatic rings. The summed E-state index contributed by atoms with van der Waals surface area (Å²) in [5.74, 6) is -0.197. The molecule has 0 saturated heterocycles. The minimum absolute atomic E-state index is 0.197. The Labute approximate surface area is 171 Å². The maximum atomic E-state index is 12.3. The van der Waals surface area contributed by atoms with E-state index in [0.717, 1.165) is 23.2 Å². The molecule has 0 atom stereocenters. The van der Waals surface area contributed by atoms with Gasteiger partial charge in [0, 0.05) is 23.3 Å². The summed E-state index contributed by atoms with van der Waals surface area (Å²) in [7, 11) is 0. The summed E-state index contributed by atoms with van der Waals surface area (Å²) in [6.45, 7) is 12.7. The van der Waals surface area contributed by atoms with Crippen LogP contribution in [-0.2, 0) is 4.79 Å². The lowest BCUT2D eigenvalue weighted by atomic mass is 9.90. The molecular weight excluding hydrogens is 358 g/mol. The summed E-state index contributed by atoms with van der Waals surface area (Å²) < 4.78 is 1.74. The number of nitrogens with zero attached hydrogens (tertiary/aromatic N) is 1.